The van der Waals surface area contributed by atoms with Gasteiger partial charge in [-0.3, -0.25) is 14.6 Å². The quantitative estimate of drug-likeness (QED) is 0.673. The van der Waals surface area contributed by atoms with Gasteiger partial charge in [-0.15, -0.1) is 0 Å². The number of rotatable bonds is 5. The molecule has 0 unspecified atom stereocenters. The molecule has 0 bridgehead atoms. The lowest BCUT2D eigenvalue weighted by molar-refractivity contribution is 0.102. The minimum atomic E-state index is -0.461. The highest BCUT2D eigenvalue weighted by molar-refractivity contribution is 6.08. The first-order valence-corrected chi connectivity index (χ1v) is 9.16. The van der Waals surface area contributed by atoms with Crippen LogP contribution in [0.2, 0.25) is 0 Å². The van der Waals surface area contributed by atoms with Gasteiger partial charge in [0.2, 0.25) is 0 Å². The molecule has 0 spiro atoms. The fraction of sp³-hybridized carbons (Fsp3) is 0.130. The molecule has 144 valence electrons. The molecule has 0 saturated carbocycles. The number of carbonyl (C=O) groups excluding carboxylic acids is 2. The van der Waals surface area contributed by atoms with Crippen LogP contribution in [0.3, 0.4) is 0 Å². The number of carbonyl (C=O) groups is 2. The van der Waals surface area contributed by atoms with Crippen molar-refractivity contribution in [3.63, 3.8) is 0 Å². The van der Waals surface area contributed by atoms with Crippen molar-refractivity contribution in [3.8, 4) is 6.07 Å². The molecular weight excluding hydrogens is 364 g/mol. The van der Waals surface area contributed by atoms with Crippen molar-refractivity contribution in [1.82, 2.24) is 4.98 Å². The molecule has 0 radical (unpaired) electrons. The smallest absolute Gasteiger partial charge is 0.274 e. The number of nitrogens with zero attached hydrogens (tertiary/aromatic N) is 2. The lowest BCUT2D eigenvalue weighted by Crippen LogP contribution is -2.17. The number of amides is 2. The van der Waals surface area contributed by atoms with Crippen LogP contribution in [0.1, 0.15) is 51.7 Å². The summed E-state index contributed by atoms with van der Waals surface area (Å²) in [6, 6.07) is 19.2. The van der Waals surface area contributed by atoms with E-state index < -0.39 is 5.91 Å². The van der Waals surface area contributed by atoms with Crippen molar-refractivity contribution in [2.24, 2.45) is 0 Å². The molecule has 2 amide bonds. The fourth-order valence-corrected chi connectivity index (χ4v) is 2.87. The van der Waals surface area contributed by atoms with Crippen LogP contribution in [0.25, 0.3) is 0 Å². The number of pyridine rings is 1. The zero-order chi connectivity index (χ0) is 20.8. The van der Waals surface area contributed by atoms with Gasteiger partial charge in [0.15, 0.2) is 0 Å². The predicted molar refractivity (Wildman–Crippen MR) is 112 cm³/mol. The van der Waals surface area contributed by atoms with Crippen molar-refractivity contribution in [3.05, 3.63) is 89.2 Å². The van der Waals surface area contributed by atoms with E-state index in [9.17, 15) is 9.59 Å². The molecule has 0 aliphatic rings. The monoisotopic (exact) mass is 384 g/mol. The highest BCUT2D eigenvalue weighted by Gasteiger charge is 2.14. The van der Waals surface area contributed by atoms with Crippen molar-refractivity contribution in [2.75, 3.05) is 10.6 Å². The second kappa shape index (κ2) is 8.81. The molecule has 0 atom stereocenters. The van der Waals surface area contributed by atoms with Crippen LogP contribution >= 0.6 is 0 Å². The summed E-state index contributed by atoms with van der Waals surface area (Å²) in [4.78, 5) is 29.3. The van der Waals surface area contributed by atoms with Gasteiger partial charge in [-0.05, 0) is 47.9 Å². The Morgan fingerprint density at radius 1 is 0.966 bits per heavy atom. The molecule has 0 aliphatic heterocycles. The summed E-state index contributed by atoms with van der Waals surface area (Å²) in [5.41, 5.74) is 3.13. The van der Waals surface area contributed by atoms with E-state index in [2.05, 4.69) is 29.5 Å². The number of nitrogens with one attached hydrogen (secondary N) is 2. The number of para-hydroxylation sites is 1. The van der Waals surface area contributed by atoms with Crippen molar-refractivity contribution in [2.45, 2.75) is 19.8 Å². The van der Waals surface area contributed by atoms with Crippen LogP contribution in [0.4, 0.5) is 11.4 Å². The van der Waals surface area contributed by atoms with Gasteiger partial charge in [-0.25, -0.2) is 0 Å². The molecule has 6 heteroatoms. The van der Waals surface area contributed by atoms with Gasteiger partial charge < -0.3 is 10.6 Å². The van der Waals surface area contributed by atoms with Crippen LogP contribution in [0, 0.1) is 11.3 Å². The molecule has 0 saturated heterocycles. The molecule has 0 aliphatic carbocycles. The number of hydrogen-bond acceptors (Lipinski definition) is 4. The van der Waals surface area contributed by atoms with Crippen LogP contribution in [0.5, 0.6) is 0 Å². The van der Waals surface area contributed by atoms with Gasteiger partial charge in [-0.2, -0.15) is 5.26 Å². The van der Waals surface area contributed by atoms with Gasteiger partial charge >= 0.3 is 0 Å². The van der Waals surface area contributed by atoms with Crippen molar-refractivity contribution in [1.29, 1.82) is 5.26 Å². The van der Waals surface area contributed by atoms with Gasteiger partial charge in [0.25, 0.3) is 11.8 Å². The van der Waals surface area contributed by atoms with Gasteiger partial charge in [0.1, 0.15) is 5.69 Å². The highest BCUT2D eigenvalue weighted by atomic mass is 16.2. The van der Waals surface area contributed by atoms with E-state index in [4.69, 9.17) is 5.26 Å². The average molecular weight is 384 g/mol. The van der Waals surface area contributed by atoms with E-state index in [1.807, 2.05) is 30.3 Å². The van der Waals surface area contributed by atoms with Crippen LogP contribution in [0.15, 0.2) is 66.9 Å². The third-order valence-corrected chi connectivity index (χ3v) is 4.34. The largest absolute Gasteiger partial charge is 0.322 e. The molecule has 29 heavy (non-hydrogen) atoms. The summed E-state index contributed by atoms with van der Waals surface area (Å²) in [5.74, 6) is -0.521. The Morgan fingerprint density at radius 2 is 1.76 bits per heavy atom. The molecule has 3 rings (SSSR count). The third kappa shape index (κ3) is 4.85. The lowest BCUT2D eigenvalue weighted by Gasteiger charge is -2.14. The zero-order valence-corrected chi connectivity index (χ0v) is 16.1. The summed E-state index contributed by atoms with van der Waals surface area (Å²) < 4.78 is 0. The number of aromatic nitrogens is 1. The number of anilines is 2. The Kier molecular flexibility index (Phi) is 6.00. The van der Waals surface area contributed by atoms with Gasteiger partial charge in [-0.1, -0.05) is 38.1 Å². The zero-order valence-electron chi connectivity index (χ0n) is 16.1. The number of nitriles is 1. The van der Waals surface area contributed by atoms with Crippen LogP contribution in [-0.4, -0.2) is 16.8 Å². The first kappa shape index (κ1) is 19.8. The minimum absolute atomic E-state index is 0.108. The number of hydrogen-bond donors (Lipinski definition) is 2. The Morgan fingerprint density at radius 3 is 2.52 bits per heavy atom. The summed E-state index contributed by atoms with van der Waals surface area (Å²) >= 11 is 0. The topological polar surface area (TPSA) is 94.9 Å². The summed E-state index contributed by atoms with van der Waals surface area (Å²) in [6.07, 6.45) is 1.42. The summed E-state index contributed by atoms with van der Waals surface area (Å²) in [6.45, 7) is 4.11. The van der Waals surface area contributed by atoms with E-state index in [0.29, 0.717) is 16.8 Å². The Labute approximate surface area is 169 Å². The molecule has 0 fully saturated rings. The van der Waals surface area contributed by atoms with E-state index >= 15 is 0 Å². The standard InChI is InChI=1S/C23H20N4O2/c1-15(2)19-8-3-4-9-20(19)27-22(28)17-10-11-25-21(13-17)23(29)26-18-7-5-6-16(12-18)14-24/h3-13,15H,1-2H3,(H,26,29)(H,27,28). The maximum absolute atomic E-state index is 12.7. The molecule has 2 N–H and O–H groups in total. The molecule has 2 aromatic carbocycles. The maximum atomic E-state index is 12.7. The van der Waals surface area contributed by atoms with Crippen molar-refractivity contribution < 1.29 is 9.59 Å². The average Bonchev–Trinajstić information content (AvgIpc) is 2.74. The summed E-state index contributed by atoms with van der Waals surface area (Å²) in [5, 5.41) is 14.6. The SMILES string of the molecule is CC(C)c1ccccc1NC(=O)c1ccnc(C(=O)Nc2cccc(C#N)c2)c1. The Balaban J connectivity index is 1.77. The third-order valence-electron chi connectivity index (χ3n) is 4.34. The number of benzene rings is 2. The molecule has 6 nitrogen and oxygen atoms in total. The van der Waals surface area contributed by atoms with Gasteiger partial charge in [0.05, 0.1) is 11.6 Å². The first-order chi connectivity index (χ1) is 14.0. The molecule has 1 heterocycles. The molecule has 3 aromatic rings. The lowest BCUT2D eigenvalue weighted by atomic mass is 10.0. The molecule has 1 aromatic heterocycles. The van der Waals surface area contributed by atoms with Gasteiger partial charge in [0, 0.05) is 23.1 Å². The van der Waals surface area contributed by atoms with E-state index in [1.54, 1.807) is 30.3 Å². The summed E-state index contributed by atoms with van der Waals surface area (Å²) in [7, 11) is 0. The van der Waals surface area contributed by atoms with Crippen molar-refractivity contribution >= 4 is 23.2 Å². The Bertz CT molecular complexity index is 1100. The second-order valence-electron chi connectivity index (χ2n) is 6.77. The van der Waals surface area contributed by atoms with E-state index in [-0.39, 0.29) is 17.5 Å². The predicted octanol–water partition coefficient (Wildman–Crippen LogP) is 4.58. The first-order valence-electron chi connectivity index (χ1n) is 9.16. The normalized spacial score (nSPS) is 10.3. The highest BCUT2D eigenvalue weighted by Crippen LogP contribution is 2.24. The van der Waals surface area contributed by atoms with E-state index in [0.717, 1.165) is 11.3 Å². The maximum Gasteiger partial charge on any atom is 0.274 e. The van der Waals surface area contributed by atoms with Crippen LogP contribution < -0.4 is 10.6 Å². The molecular formula is C23H20N4O2. The van der Waals surface area contributed by atoms with Crippen LogP contribution in [-0.2, 0) is 0 Å². The minimum Gasteiger partial charge on any atom is -0.322 e. The second-order valence-corrected chi connectivity index (χ2v) is 6.77. The Hall–Kier alpha value is -3.98. The fourth-order valence-electron chi connectivity index (χ4n) is 2.87. The van der Waals surface area contributed by atoms with E-state index in [1.165, 1.54) is 12.3 Å².